The molecule has 0 atom stereocenters. The van der Waals surface area contributed by atoms with Crippen molar-refractivity contribution in [3.63, 3.8) is 0 Å². The van der Waals surface area contributed by atoms with Crippen molar-refractivity contribution in [1.29, 1.82) is 0 Å². The lowest BCUT2D eigenvalue weighted by molar-refractivity contribution is -0.140. The molecule has 1 aromatic carbocycles. The van der Waals surface area contributed by atoms with Crippen molar-refractivity contribution >= 4 is 5.97 Å². The molecule has 0 fully saturated rings. The van der Waals surface area contributed by atoms with Crippen molar-refractivity contribution in [3.8, 4) is 0 Å². The molecule has 0 aliphatic heterocycles. The van der Waals surface area contributed by atoms with Gasteiger partial charge in [0.1, 0.15) is 0 Å². The number of benzene rings is 1. The van der Waals surface area contributed by atoms with Crippen LogP contribution >= 0.6 is 0 Å². The first-order chi connectivity index (χ1) is 13.3. The summed E-state index contributed by atoms with van der Waals surface area (Å²) in [7, 11) is 1.47. The molecule has 0 unspecified atom stereocenters. The number of hydrogen-bond acceptors (Lipinski definition) is 3. The standard InChI is InChI=1S/C24H41NO2/c1-3-4-5-6-7-8-9-10-11-15-20-25(21-16-19-24(26)27-2)22-23-17-13-12-14-18-23/h12-14,17-18H,3-11,15-16,19-22H2,1-2H3. The van der Waals surface area contributed by atoms with Crippen LogP contribution in [0.3, 0.4) is 0 Å². The highest BCUT2D eigenvalue weighted by atomic mass is 16.5. The molecule has 0 heterocycles. The normalized spacial score (nSPS) is 11.1. The van der Waals surface area contributed by atoms with Crippen LogP contribution in [0.4, 0.5) is 0 Å². The molecule has 0 aliphatic rings. The summed E-state index contributed by atoms with van der Waals surface area (Å²) >= 11 is 0. The van der Waals surface area contributed by atoms with Crippen LogP contribution < -0.4 is 0 Å². The zero-order valence-corrected chi connectivity index (χ0v) is 17.8. The number of rotatable bonds is 17. The minimum absolute atomic E-state index is 0.103. The Kier molecular flexibility index (Phi) is 14.7. The van der Waals surface area contributed by atoms with E-state index in [0.29, 0.717) is 6.42 Å². The number of nitrogens with zero attached hydrogens (tertiary/aromatic N) is 1. The van der Waals surface area contributed by atoms with Crippen molar-refractivity contribution in [2.24, 2.45) is 0 Å². The van der Waals surface area contributed by atoms with Gasteiger partial charge in [0, 0.05) is 13.0 Å². The SMILES string of the molecule is CCCCCCCCCCCCN(CCCC(=O)OC)Cc1ccccc1. The second-order valence-corrected chi connectivity index (χ2v) is 7.62. The quantitative estimate of drug-likeness (QED) is 0.234. The van der Waals surface area contributed by atoms with Gasteiger partial charge >= 0.3 is 5.97 Å². The number of methoxy groups -OCH3 is 1. The minimum Gasteiger partial charge on any atom is -0.469 e. The lowest BCUT2D eigenvalue weighted by Gasteiger charge is -2.22. The molecule has 0 aliphatic carbocycles. The van der Waals surface area contributed by atoms with Gasteiger partial charge in [-0.05, 0) is 31.5 Å². The Morgan fingerprint density at radius 1 is 0.815 bits per heavy atom. The fraction of sp³-hybridized carbons (Fsp3) is 0.708. The second kappa shape index (κ2) is 16.8. The molecule has 1 rings (SSSR count). The van der Waals surface area contributed by atoms with E-state index >= 15 is 0 Å². The Hall–Kier alpha value is -1.35. The largest absolute Gasteiger partial charge is 0.469 e. The first-order valence-electron chi connectivity index (χ1n) is 11.1. The van der Waals surface area contributed by atoms with Crippen LogP contribution in [-0.4, -0.2) is 31.1 Å². The maximum Gasteiger partial charge on any atom is 0.305 e. The third-order valence-corrected chi connectivity index (χ3v) is 5.16. The predicted molar refractivity (Wildman–Crippen MR) is 115 cm³/mol. The van der Waals surface area contributed by atoms with Gasteiger partial charge in [-0.1, -0.05) is 95.0 Å². The Morgan fingerprint density at radius 3 is 1.96 bits per heavy atom. The van der Waals surface area contributed by atoms with Gasteiger partial charge in [-0.3, -0.25) is 9.69 Å². The fourth-order valence-electron chi connectivity index (χ4n) is 3.48. The van der Waals surface area contributed by atoms with Crippen LogP contribution in [0.15, 0.2) is 30.3 Å². The summed E-state index contributed by atoms with van der Waals surface area (Å²) in [5, 5.41) is 0. The Balaban J connectivity index is 2.19. The van der Waals surface area contributed by atoms with Gasteiger partial charge < -0.3 is 4.74 Å². The number of carbonyl (C=O) groups is 1. The van der Waals surface area contributed by atoms with Gasteiger partial charge in [0.25, 0.3) is 0 Å². The van der Waals surface area contributed by atoms with Crippen LogP contribution in [0, 0.1) is 0 Å². The highest BCUT2D eigenvalue weighted by Gasteiger charge is 2.08. The average Bonchev–Trinajstić information content (AvgIpc) is 2.69. The van der Waals surface area contributed by atoms with Gasteiger partial charge in [0.15, 0.2) is 0 Å². The van der Waals surface area contributed by atoms with Crippen LogP contribution in [-0.2, 0) is 16.1 Å². The molecule has 0 aromatic heterocycles. The van der Waals surface area contributed by atoms with E-state index in [9.17, 15) is 4.79 Å². The maximum absolute atomic E-state index is 11.4. The van der Waals surface area contributed by atoms with E-state index in [4.69, 9.17) is 4.74 Å². The molecule has 1 aromatic rings. The molecule has 0 radical (unpaired) electrons. The summed E-state index contributed by atoms with van der Waals surface area (Å²) < 4.78 is 4.76. The fourth-order valence-corrected chi connectivity index (χ4v) is 3.48. The second-order valence-electron chi connectivity index (χ2n) is 7.62. The highest BCUT2D eigenvalue weighted by Crippen LogP contribution is 2.12. The summed E-state index contributed by atoms with van der Waals surface area (Å²) in [5.74, 6) is -0.103. The monoisotopic (exact) mass is 375 g/mol. The van der Waals surface area contributed by atoms with Crippen LogP contribution in [0.2, 0.25) is 0 Å². The molecular formula is C24H41NO2. The van der Waals surface area contributed by atoms with Crippen molar-refractivity contribution in [1.82, 2.24) is 4.90 Å². The van der Waals surface area contributed by atoms with Crippen molar-refractivity contribution < 1.29 is 9.53 Å². The lowest BCUT2D eigenvalue weighted by Crippen LogP contribution is -2.26. The number of ether oxygens (including phenoxy) is 1. The zero-order chi connectivity index (χ0) is 19.6. The molecule has 27 heavy (non-hydrogen) atoms. The highest BCUT2D eigenvalue weighted by molar-refractivity contribution is 5.69. The average molecular weight is 376 g/mol. The van der Waals surface area contributed by atoms with E-state index in [1.54, 1.807) is 0 Å². The summed E-state index contributed by atoms with van der Waals surface area (Å²) in [4.78, 5) is 13.8. The van der Waals surface area contributed by atoms with E-state index in [1.807, 2.05) is 0 Å². The number of hydrogen-bond donors (Lipinski definition) is 0. The maximum atomic E-state index is 11.4. The summed E-state index contributed by atoms with van der Waals surface area (Å²) in [6.07, 6.45) is 15.1. The van der Waals surface area contributed by atoms with Gasteiger partial charge in [-0.2, -0.15) is 0 Å². The number of carbonyl (C=O) groups excluding carboxylic acids is 1. The van der Waals surface area contributed by atoms with Crippen molar-refractivity contribution in [3.05, 3.63) is 35.9 Å². The van der Waals surface area contributed by atoms with Gasteiger partial charge in [-0.15, -0.1) is 0 Å². The third kappa shape index (κ3) is 13.5. The van der Waals surface area contributed by atoms with E-state index < -0.39 is 0 Å². The molecule has 0 N–H and O–H groups in total. The van der Waals surface area contributed by atoms with Crippen molar-refractivity contribution in [2.45, 2.75) is 90.5 Å². The lowest BCUT2D eigenvalue weighted by atomic mass is 10.1. The first-order valence-corrected chi connectivity index (χ1v) is 11.1. The van der Waals surface area contributed by atoms with Crippen LogP contribution in [0.25, 0.3) is 0 Å². The summed E-state index contributed by atoms with van der Waals surface area (Å²) in [5.41, 5.74) is 1.35. The third-order valence-electron chi connectivity index (χ3n) is 5.16. The summed E-state index contributed by atoms with van der Waals surface area (Å²) in [6.45, 7) is 5.32. The van der Waals surface area contributed by atoms with Gasteiger partial charge in [0.05, 0.1) is 7.11 Å². The number of esters is 1. The molecule has 3 heteroatoms. The van der Waals surface area contributed by atoms with Crippen molar-refractivity contribution in [2.75, 3.05) is 20.2 Å². The Labute approximate surface area is 167 Å². The minimum atomic E-state index is -0.103. The smallest absolute Gasteiger partial charge is 0.305 e. The summed E-state index contributed by atoms with van der Waals surface area (Å²) in [6, 6.07) is 10.6. The molecule has 0 saturated carbocycles. The molecular weight excluding hydrogens is 334 g/mol. The van der Waals surface area contributed by atoms with Crippen LogP contribution in [0.5, 0.6) is 0 Å². The van der Waals surface area contributed by atoms with Gasteiger partial charge in [-0.25, -0.2) is 0 Å². The van der Waals surface area contributed by atoms with E-state index in [-0.39, 0.29) is 5.97 Å². The molecule has 3 nitrogen and oxygen atoms in total. The predicted octanol–water partition coefficient (Wildman–Crippen LogP) is 6.36. The molecule has 0 spiro atoms. The van der Waals surface area contributed by atoms with E-state index in [1.165, 1.54) is 76.9 Å². The van der Waals surface area contributed by atoms with E-state index in [0.717, 1.165) is 26.1 Å². The first kappa shape index (κ1) is 23.7. The topological polar surface area (TPSA) is 29.5 Å². The Morgan fingerprint density at radius 2 is 1.37 bits per heavy atom. The van der Waals surface area contributed by atoms with Gasteiger partial charge in [0.2, 0.25) is 0 Å². The Bertz CT molecular complexity index is 461. The molecule has 0 saturated heterocycles. The number of unbranched alkanes of at least 4 members (excludes halogenated alkanes) is 9. The van der Waals surface area contributed by atoms with Crippen LogP contribution in [0.1, 0.15) is 89.5 Å². The van der Waals surface area contributed by atoms with E-state index in [2.05, 4.69) is 42.2 Å². The molecule has 154 valence electrons. The molecule has 0 bridgehead atoms. The zero-order valence-electron chi connectivity index (χ0n) is 17.8. The molecule has 0 amide bonds.